The van der Waals surface area contributed by atoms with Gasteiger partial charge in [-0.1, -0.05) is 24.3 Å². The van der Waals surface area contributed by atoms with Crippen molar-refractivity contribution in [2.45, 2.75) is 25.3 Å². The normalized spacial score (nSPS) is 16.1. The number of hydrogen-bond donors (Lipinski definition) is 2. The van der Waals surface area contributed by atoms with E-state index in [1.807, 2.05) is 18.2 Å². The van der Waals surface area contributed by atoms with Gasteiger partial charge in [-0.05, 0) is 54.7 Å². The lowest BCUT2D eigenvalue weighted by molar-refractivity contribution is -0.121. The fourth-order valence-corrected chi connectivity index (χ4v) is 3.01. The Labute approximate surface area is 140 Å². The number of aryl methyl sites for hydroxylation is 1. The van der Waals surface area contributed by atoms with Gasteiger partial charge < -0.3 is 10.6 Å². The van der Waals surface area contributed by atoms with E-state index in [1.54, 1.807) is 0 Å². The van der Waals surface area contributed by atoms with E-state index in [4.69, 9.17) is 0 Å². The smallest absolute Gasteiger partial charge is 0.251 e. The Hall–Kier alpha value is -2.69. The van der Waals surface area contributed by atoms with Crippen molar-refractivity contribution in [1.29, 1.82) is 0 Å². The summed E-state index contributed by atoms with van der Waals surface area (Å²) in [5, 5.41) is 5.54. The third-order valence-corrected chi connectivity index (χ3v) is 4.22. The molecular formula is C19H19FN2O2. The van der Waals surface area contributed by atoms with Crippen LogP contribution in [0.3, 0.4) is 0 Å². The summed E-state index contributed by atoms with van der Waals surface area (Å²) in [5.41, 5.74) is 2.75. The van der Waals surface area contributed by atoms with Gasteiger partial charge in [-0.15, -0.1) is 0 Å². The molecule has 1 atom stereocenters. The van der Waals surface area contributed by atoms with Crippen LogP contribution in [-0.2, 0) is 11.2 Å². The molecule has 2 aromatic carbocycles. The summed E-state index contributed by atoms with van der Waals surface area (Å²) < 4.78 is 12.9. The van der Waals surface area contributed by atoms with Crippen LogP contribution >= 0.6 is 0 Å². The number of nitrogens with one attached hydrogen (secondary N) is 2. The third-order valence-electron chi connectivity index (χ3n) is 4.22. The number of rotatable bonds is 4. The van der Waals surface area contributed by atoms with Crippen LogP contribution in [0.15, 0.2) is 48.5 Å². The topological polar surface area (TPSA) is 58.2 Å². The average Bonchev–Trinajstić information content (AvgIpc) is 2.61. The van der Waals surface area contributed by atoms with Gasteiger partial charge in [0.25, 0.3) is 5.91 Å². The lowest BCUT2D eigenvalue weighted by atomic mass is 9.88. The average molecular weight is 326 g/mol. The number of halogens is 1. The molecule has 2 N–H and O–H groups in total. The Morgan fingerprint density at radius 2 is 1.83 bits per heavy atom. The maximum Gasteiger partial charge on any atom is 0.251 e. The molecule has 0 saturated carbocycles. The predicted molar refractivity (Wildman–Crippen MR) is 89.0 cm³/mol. The number of carbonyl (C=O) groups is 2. The molecule has 1 aliphatic carbocycles. The summed E-state index contributed by atoms with van der Waals surface area (Å²) in [6.45, 7) is -0.102. The van der Waals surface area contributed by atoms with Crippen LogP contribution in [0.5, 0.6) is 0 Å². The number of benzene rings is 2. The summed E-state index contributed by atoms with van der Waals surface area (Å²) in [6.07, 6.45) is 2.96. The van der Waals surface area contributed by atoms with Crippen LogP contribution < -0.4 is 10.6 Å². The Balaban J connectivity index is 1.55. The molecule has 1 aliphatic rings. The Morgan fingerprint density at radius 3 is 2.62 bits per heavy atom. The van der Waals surface area contributed by atoms with Crippen molar-refractivity contribution < 1.29 is 14.0 Å². The first-order valence-corrected chi connectivity index (χ1v) is 8.04. The molecule has 0 saturated heterocycles. The molecule has 0 bridgehead atoms. The maximum atomic E-state index is 12.9. The van der Waals surface area contributed by atoms with Crippen LogP contribution in [-0.4, -0.2) is 18.4 Å². The van der Waals surface area contributed by atoms with Crippen LogP contribution in [0.4, 0.5) is 4.39 Å². The van der Waals surface area contributed by atoms with Gasteiger partial charge in [0.05, 0.1) is 12.6 Å². The van der Waals surface area contributed by atoms with Crippen molar-refractivity contribution in [2.24, 2.45) is 0 Å². The van der Waals surface area contributed by atoms with Crippen molar-refractivity contribution in [2.75, 3.05) is 6.54 Å². The lowest BCUT2D eigenvalue weighted by Gasteiger charge is -2.26. The van der Waals surface area contributed by atoms with Crippen molar-refractivity contribution in [1.82, 2.24) is 10.6 Å². The highest BCUT2D eigenvalue weighted by molar-refractivity contribution is 5.96. The summed E-state index contributed by atoms with van der Waals surface area (Å²) in [5.74, 6) is -1.03. The van der Waals surface area contributed by atoms with Crippen molar-refractivity contribution in [3.63, 3.8) is 0 Å². The standard InChI is InChI=1S/C19H19FN2O2/c20-15-10-8-14(9-11-15)19(24)21-12-18(23)22-17-7-3-5-13-4-1-2-6-16(13)17/h1-2,4,6,8-11,17H,3,5,7,12H2,(H,21,24)(H,22,23). The van der Waals surface area contributed by atoms with Crippen LogP contribution in [0.1, 0.15) is 40.4 Å². The first kappa shape index (κ1) is 16.2. The van der Waals surface area contributed by atoms with Crippen LogP contribution in [0.25, 0.3) is 0 Å². The Kier molecular flexibility index (Phi) is 4.89. The second kappa shape index (κ2) is 7.25. The fraction of sp³-hybridized carbons (Fsp3) is 0.263. The minimum absolute atomic E-state index is 0.00910. The minimum Gasteiger partial charge on any atom is -0.348 e. The highest BCUT2D eigenvalue weighted by Gasteiger charge is 2.21. The van der Waals surface area contributed by atoms with E-state index in [0.717, 1.165) is 24.8 Å². The maximum absolute atomic E-state index is 12.9. The van der Waals surface area contributed by atoms with Gasteiger partial charge in [0.2, 0.25) is 5.91 Å². The van der Waals surface area contributed by atoms with Gasteiger partial charge in [0.15, 0.2) is 0 Å². The number of carbonyl (C=O) groups excluding carboxylic acids is 2. The van der Waals surface area contributed by atoms with Gasteiger partial charge in [0, 0.05) is 5.56 Å². The quantitative estimate of drug-likeness (QED) is 0.908. The second-order valence-electron chi connectivity index (χ2n) is 5.90. The molecule has 0 heterocycles. The van der Waals surface area contributed by atoms with E-state index >= 15 is 0 Å². The Bertz CT molecular complexity index is 743. The van der Waals surface area contributed by atoms with Crippen molar-refractivity contribution in [3.05, 3.63) is 71.0 Å². The molecule has 5 heteroatoms. The zero-order valence-electron chi connectivity index (χ0n) is 13.2. The Morgan fingerprint density at radius 1 is 1.08 bits per heavy atom. The third kappa shape index (κ3) is 3.79. The van der Waals surface area contributed by atoms with Gasteiger partial charge in [-0.2, -0.15) is 0 Å². The summed E-state index contributed by atoms with van der Waals surface area (Å²) >= 11 is 0. The summed E-state index contributed by atoms with van der Waals surface area (Å²) in [7, 11) is 0. The largest absolute Gasteiger partial charge is 0.348 e. The van der Waals surface area contributed by atoms with Crippen molar-refractivity contribution >= 4 is 11.8 Å². The molecule has 0 radical (unpaired) electrons. The molecule has 0 spiro atoms. The zero-order chi connectivity index (χ0) is 16.9. The van der Waals surface area contributed by atoms with Crippen LogP contribution in [0.2, 0.25) is 0 Å². The molecule has 1 unspecified atom stereocenters. The fourth-order valence-electron chi connectivity index (χ4n) is 3.01. The number of hydrogen-bond acceptors (Lipinski definition) is 2. The van der Waals surface area contributed by atoms with E-state index in [2.05, 4.69) is 16.7 Å². The van der Waals surface area contributed by atoms with E-state index < -0.39 is 11.7 Å². The molecule has 2 amide bonds. The lowest BCUT2D eigenvalue weighted by Crippen LogP contribution is -2.39. The number of amides is 2. The molecule has 2 aromatic rings. The zero-order valence-corrected chi connectivity index (χ0v) is 13.2. The van der Waals surface area contributed by atoms with Gasteiger partial charge in [0.1, 0.15) is 5.82 Å². The molecular weight excluding hydrogens is 307 g/mol. The second-order valence-corrected chi connectivity index (χ2v) is 5.90. The molecule has 0 aromatic heterocycles. The molecule has 4 nitrogen and oxygen atoms in total. The number of fused-ring (bicyclic) bond motifs is 1. The van der Waals surface area contributed by atoms with Gasteiger partial charge in [-0.25, -0.2) is 4.39 Å². The van der Waals surface area contributed by atoms with Crippen molar-refractivity contribution in [3.8, 4) is 0 Å². The summed E-state index contributed by atoms with van der Waals surface area (Å²) in [4.78, 5) is 24.1. The van der Waals surface area contributed by atoms with Gasteiger partial charge in [-0.3, -0.25) is 9.59 Å². The molecule has 0 fully saturated rings. The first-order valence-electron chi connectivity index (χ1n) is 8.04. The summed E-state index contributed by atoms with van der Waals surface area (Å²) in [6, 6.07) is 13.3. The van der Waals surface area contributed by atoms with Gasteiger partial charge >= 0.3 is 0 Å². The molecule has 3 rings (SSSR count). The van der Waals surface area contributed by atoms with Crippen LogP contribution in [0, 0.1) is 5.82 Å². The molecule has 124 valence electrons. The molecule has 24 heavy (non-hydrogen) atoms. The van der Waals surface area contributed by atoms with E-state index in [1.165, 1.54) is 29.8 Å². The highest BCUT2D eigenvalue weighted by atomic mass is 19.1. The SMILES string of the molecule is O=C(CNC(=O)c1ccc(F)cc1)NC1CCCc2ccccc21. The minimum atomic E-state index is -0.403. The van der Waals surface area contributed by atoms with E-state index in [-0.39, 0.29) is 18.5 Å². The monoisotopic (exact) mass is 326 g/mol. The van der Waals surface area contributed by atoms with E-state index in [9.17, 15) is 14.0 Å². The first-order chi connectivity index (χ1) is 11.6. The predicted octanol–water partition coefficient (Wildman–Crippen LogP) is 2.75. The molecule has 0 aliphatic heterocycles. The highest BCUT2D eigenvalue weighted by Crippen LogP contribution is 2.29. The van der Waals surface area contributed by atoms with E-state index in [0.29, 0.717) is 5.56 Å².